The first kappa shape index (κ1) is 16.0. The average Bonchev–Trinajstić information content (AvgIpc) is 2.34. The summed E-state index contributed by atoms with van der Waals surface area (Å²) in [5.74, 6) is 1.54. The van der Waals surface area contributed by atoms with Crippen LogP contribution in [0.2, 0.25) is 0 Å². The van der Waals surface area contributed by atoms with Crippen LogP contribution in [0.1, 0.15) is 24.4 Å². The van der Waals surface area contributed by atoms with Crippen molar-refractivity contribution in [3.8, 4) is 11.5 Å². The minimum atomic E-state index is -0.0376. The zero-order chi connectivity index (χ0) is 12.0. The van der Waals surface area contributed by atoms with E-state index in [0.29, 0.717) is 6.54 Å². The van der Waals surface area contributed by atoms with Crippen molar-refractivity contribution in [2.24, 2.45) is 11.5 Å². The van der Waals surface area contributed by atoms with Gasteiger partial charge in [-0.15, -0.1) is 12.4 Å². The molecule has 98 valence electrons. The number of nitrogens with two attached hydrogens (primary N) is 2. The summed E-state index contributed by atoms with van der Waals surface area (Å²) in [6.45, 7) is 0.659. The second-order valence-electron chi connectivity index (χ2n) is 3.65. The Morgan fingerprint density at radius 3 is 2.47 bits per heavy atom. The molecule has 0 radical (unpaired) electrons. The molecule has 0 aliphatic heterocycles. The molecule has 0 saturated carbocycles. The molecule has 1 atom stereocenters. The lowest BCUT2D eigenvalue weighted by molar-refractivity contribution is 0.387. The molecule has 1 rings (SSSR count). The molecule has 5 heteroatoms. The van der Waals surface area contributed by atoms with Crippen LogP contribution >= 0.6 is 12.4 Å². The quantitative estimate of drug-likeness (QED) is 0.819. The van der Waals surface area contributed by atoms with Gasteiger partial charge < -0.3 is 20.9 Å². The van der Waals surface area contributed by atoms with Crippen LogP contribution in [-0.2, 0) is 0 Å². The Morgan fingerprint density at radius 1 is 1.24 bits per heavy atom. The van der Waals surface area contributed by atoms with Crippen LogP contribution in [0.5, 0.6) is 11.5 Å². The fraction of sp³-hybridized carbons (Fsp3) is 0.500. The number of methoxy groups -OCH3 is 2. The molecule has 0 aliphatic rings. The predicted octanol–water partition coefficient (Wildman–Crippen LogP) is 1.86. The number of ether oxygens (including phenoxy) is 2. The van der Waals surface area contributed by atoms with Gasteiger partial charge in [-0.2, -0.15) is 0 Å². The summed E-state index contributed by atoms with van der Waals surface area (Å²) in [6, 6.07) is 5.64. The maximum atomic E-state index is 6.07. The molecule has 1 aromatic rings. The highest BCUT2D eigenvalue weighted by Crippen LogP contribution is 2.30. The summed E-state index contributed by atoms with van der Waals surface area (Å²) >= 11 is 0. The molecule has 1 aromatic carbocycles. The molecule has 4 nitrogen and oxygen atoms in total. The zero-order valence-electron chi connectivity index (χ0n) is 10.3. The highest BCUT2D eigenvalue weighted by molar-refractivity contribution is 5.85. The van der Waals surface area contributed by atoms with Crippen molar-refractivity contribution < 1.29 is 9.47 Å². The van der Waals surface area contributed by atoms with Crippen molar-refractivity contribution in [1.29, 1.82) is 0 Å². The van der Waals surface area contributed by atoms with Crippen LogP contribution in [0.15, 0.2) is 18.2 Å². The lowest BCUT2D eigenvalue weighted by atomic mass is 10.0. The topological polar surface area (TPSA) is 70.5 Å². The first-order valence-corrected chi connectivity index (χ1v) is 5.40. The molecular weight excluding hydrogens is 240 g/mol. The van der Waals surface area contributed by atoms with E-state index in [0.717, 1.165) is 29.9 Å². The predicted molar refractivity (Wildman–Crippen MR) is 72.0 cm³/mol. The Hall–Kier alpha value is -0.970. The number of hydrogen-bond donors (Lipinski definition) is 2. The fourth-order valence-electron chi connectivity index (χ4n) is 1.62. The Bertz CT molecular complexity index is 334. The van der Waals surface area contributed by atoms with E-state index < -0.39 is 0 Å². The minimum Gasteiger partial charge on any atom is -0.497 e. The third-order valence-corrected chi connectivity index (χ3v) is 2.56. The third kappa shape index (κ3) is 4.42. The Balaban J connectivity index is 0.00000256. The summed E-state index contributed by atoms with van der Waals surface area (Å²) < 4.78 is 10.4. The molecular formula is C12H21ClN2O2. The van der Waals surface area contributed by atoms with Crippen LogP contribution in [0.25, 0.3) is 0 Å². The van der Waals surface area contributed by atoms with E-state index >= 15 is 0 Å². The first-order valence-electron chi connectivity index (χ1n) is 5.40. The highest BCUT2D eigenvalue weighted by atomic mass is 35.5. The summed E-state index contributed by atoms with van der Waals surface area (Å²) in [6.07, 6.45) is 1.77. The van der Waals surface area contributed by atoms with E-state index in [1.165, 1.54) is 0 Å². The van der Waals surface area contributed by atoms with E-state index in [1.807, 2.05) is 18.2 Å². The molecule has 0 bridgehead atoms. The minimum absolute atomic E-state index is 0. The molecule has 0 aromatic heterocycles. The van der Waals surface area contributed by atoms with E-state index in [2.05, 4.69) is 0 Å². The smallest absolute Gasteiger partial charge is 0.127 e. The monoisotopic (exact) mass is 260 g/mol. The van der Waals surface area contributed by atoms with Crippen LogP contribution in [-0.4, -0.2) is 20.8 Å². The van der Waals surface area contributed by atoms with Gasteiger partial charge in [-0.3, -0.25) is 0 Å². The molecule has 0 amide bonds. The normalized spacial score (nSPS) is 11.5. The van der Waals surface area contributed by atoms with Crippen molar-refractivity contribution in [3.63, 3.8) is 0 Å². The zero-order valence-corrected chi connectivity index (χ0v) is 11.1. The first-order chi connectivity index (χ1) is 7.72. The van der Waals surface area contributed by atoms with Crippen LogP contribution in [0.3, 0.4) is 0 Å². The van der Waals surface area contributed by atoms with Gasteiger partial charge in [0, 0.05) is 17.7 Å². The molecule has 0 saturated heterocycles. The maximum absolute atomic E-state index is 6.07. The largest absolute Gasteiger partial charge is 0.497 e. The highest BCUT2D eigenvalue weighted by Gasteiger charge is 2.12. The van der Waals surface area contributed by atoms with Crippen molar-refractivity contribution in [3.05, 3.63) is 23.8 Å². The lowest BCUT2D eigenvalue weighted by Gasteiger charge is -2.16. The van der Waals surface area contributed by atoms with Gasteiger partial charge in [0.2, 0.25) is 0 Å². The standard InChI is InChI=1S/C12H20N2O2.ClH/c1-15-9-5-6-10(12(8-9)16-2)11(14)4-3-7-13;/h5-6,8,11H,3-4,7,13-14H2,1-2H3;1H/t11-;/m0./s1. The SMILES string of the molecule is COc1ccc([C@@H](N)CCCN)c(OC)c1.Cl. The van der Waals surface area contributed by atoms with Gasteiger partial charge in [0.05, 0.1) is 14.2 Å². The fourth-order valence-corrected chi connectivity index (χ4v) is 1.62. The Morgan fingerprint density at radius 2 is 1.94 bits per heavy atom. The van der Waals surface area contributed by atoms with Gasteiger partial charge >= 0.3 is 0 Å². The molecule has 4 N–H and O–H groups in total. The number of hydrogen-bond acceptors (Lipinski definition) is 4. The number of rotatable bonds is 6. The van der Waals surface area contributed by atoms with Crippen LogP contribution in [0, 0.1) is 0 Å². The molecule has 0 heterocycles. The van der Waals surface area contributed by atoms with Gasteiger partial charge in [-0.25, -0.2) is 0 Å². The second-order valence-corrected chi connectivity index (χ2v) is 3.65. The van der Waals surface area contributed by atoms with E-state index in [9.17, 15) is 0 Å². The maximum Gasteiger partial charge on any atom is 0.127 e. The summed E-state index contributed by atoms with van der Waals surface area (Å²) in [5.41, 5.74) is 12.5. The van der Waals surface area contributed by atoms with E-state index in [-0.39, 0.29) is 18.4 Å². The van der Waals surface area contributed by atoms with Gasteiger partial charge in [-0.05, 0) is 25.5 Å². The molecule has 0 unspecified atom stereocenters. The number of benzene rings is 1. The molecule has 0 aliphatic carbocycles. The van der Waals surface area contributed by atoms with Gasteiger partial charge in [0.1, 0.15) is 11.5 Å². The van der Waals surface area contributed by atoms with E-state index in [4.69, 9.17) is 20.9 Å². The Kier molecular flexibility index (Phi) is 7.70. The van der Waals surface area contributed by atoms with Crippen molar-refractivity contribution in [1.82, 2.24) is 0 Å². The average molecular weight is 261 g/mol. The second kappa shape index (κ2) is 8.17. The molecule has 17 heavy (non-hydrogen) atoms. The molecule has 0 fully saturated rings. The van der Waals surface area contributed by atoms with Crippen molar-refractivity contribution in [2.45, 2.75) is 18.9 Å². The van der Waals surface area contributed by atoms with Gasteiger partial charge in [0.15, 0.2) is 0 Å². The third-order valence-electron chi connectivity index (χ3n) is 2.56. The van der Waals surface area contributed by atoms with Gasteiger partial charge in [0.25, 0.3) is 0 Å². The summed E-state index contributed by atoms with van der Waals surface area (Å²) in [4.78, 5) is 0. The van der Waals surface area contributed by atoms with E-state index in [1.54, 1.807) is 14.2 Å². The summed E-state index contributed by atoms with van der Waals surface area (Å²) in [7, 11) is 3.26. The number of halogens is 1. The lowest BCUT2D eigenvalue weighted by Crippen LogP contribution is -2.13. The summed E-state index contributed by atoms with van der Waals surface area (Å²) in [5, 5.41) is 0. The molecule has 0 spiro atoms. The van der Waals surface area contributed by atoms with Gasteiger partial charge in [-0.1, -0.05) is 6.07 Å². The Labute approximate surface area is 109 Å². The van der Waals surface area contributed by atoms with Crippen LogP contribution < -0.4 is 20.9 Å². The van der Waals surface area contributed by atoms with Crippen molar-refractivity contribution >= 4 is 12.4 Å². The van der Waals surface area contributed by atoms with Crippen molar-refractivity contribution in [2.75, 3.05) is 20.8 Å². The van der Waals surface area contributed by atoms with Crippen LogP contribution in [0.4, 0.5) is 0 Å².